The molecule has 21 heavy (non-hydrogen) atoms. The standard InChI is InChI=1S/C16H13FN2O2/c1-10-6-7-15(21-2)11(8-10)16(20)19-14-5-3-4-13(17)12(14)9-18/h3-8H,1-2H3,(H,19,20). The molecular weight excluding hydrogens is 271 g/mol. The molecule has 1 amide bonds. The van der Waals surface area contributed by atoms with Gasteiger partial charge in [-0.3, -0.25) is 4.79 Å². The number of carbonyl (C=O) groups is 1. The quantitative estimate of drug-likeness (QED) is 0.941. The van der Waals surface area contributed by atoms with E-state index in [2.05, 4.69) is 5.32 Å². The van der Waals surface area contributed by atoms with Gasteiger partial charge in [0.05, 0.1) is 18.4 Å². The van der Waals surface area contributed by atoms with Gasteiger partial charge >= 0.3 is 0 Å². The molecule has 0 unspecified atom stereocenters. The third-order valence-electron chi connectivity index (χ3n) is 2.97. The fourth-order valence-electron chi connectivity index (χ4n) is 1.93. The highest BCUT2D eigenvalue weighted by atomic mass is 19.1. The van der Waals surface area contributed by atoms with Gasteiger partial charge in [0.1, 0.15) is 23.2 Å². The SMILES string of the molecule is COc1ccc(C)cc1C(=O)Nc1cccc(F)c1C#N. The zero-order valence-corrected chi connectivity index (χ0v) is 11.6. The Morgan fingerprint density at radius 2 is 2.10 bits per heavy atom. The van der Waals surface area contributed by atoms with E-state index in [4.69, 9.17) is 10.00 Å². The van der Waals surface area contributed by atoms with Crippen molar-refractivity contribution in [2.45, 2.75) is 6.92 Å². The Morgan fingerprint density at radius 1 is 1.33 bits per heavy atom. The predicted octanol–water partition coefficient (Wildman–Crippen LogP) is 3.27. The van der Waals surface area contributed by atoms with Crippen LogP contribution in [-0.4, -0.2) is 13.0 Å². The molecule has 0 radical (unpaired) electrons. The van der Waals surface area contributed by atoms with E-state index in [0.717, 1.165) is 5.56 Å². The minimum absolute atomic E-state index is 0.131. The fourth-order valence-corrected chi connectivity index (χ4v) is 1.93. The van der Waals surface area contributed by atoms with E-state index >= 15 is 0 Å². The first-order valence-electron chi connectivity index (χ1n) is 6.21. The van der Waals surface area contributed by atoms with Crippen molar-refractivity contribution in [3.8, 4) is 11.8 Å². The Labute approximate surface area is 121 Å². The number of aryl methyl sites for hydroxylation is 1. The van der Waals surface area contributed by atoms with Gasteiger partial charge in [-0.2, -0.15) is 5.26 Å². The molecule has 0 spiro atoms. The number of nitriles is 1. The van der Waals surface area contributed by atoms with Crippen LogP contribution in [0.15, 0.2) is 36.4 Å². The van der Waals surface area contributed by atoms with E-state index in [-0.39, 0.29) is 11.3 Å². The second kappa shape index (κ2) is 6.06. The molecule has 2 aromatic carbocycles. The van der Waals surface area contributed by atoms with E-state index in [1.54, 1.807) is 18.2 Å². The number of hydrogen-bond donors (Lipinski definition) is 1. The van der Waals surface area contributed by atoms with Gasteiger partial charge in [0.15, 0.2) is 0 Å². The second-order valence-electron chi connectivity index (χ2n) is 4.43. The molecule has 0 fully saturated rings. The fraction of sp³-hybridized carbons (Fsp3) is 0.125. The smallest absolute Gasteiger partial charge is 0.259 e. The highest BCUT2D eigenvalue weighted by Crippen LogP contribution is 2.23. The highest BCUT2D eigenvalue weighted by Gasteiger charge is 2.15. The first-order chi connectivity index (χ1) is 10.1. The number of nitrogens with one attached hydrogen (secondary N) is 1. The van der Waals surface area contributed by atoms with Gasteiger partial charge in [-0.25, -0.2) is 4.39 Å². The summed E-state index contributed by atoms with van der Waals surface area (Å²) in [6.45, 7) is 1.85. The summed E-state index contributed by atoms with van der Waals surface area (Å²) in [6.07, 6.45) is 0. The summed E-state index contributed by atoms with van der Waals surface area (Å²) < 4.78 is 18.7. The van der Waals surface area contributed by atoms with Gasteiger partial charge in [-0.05, 0) is 31.2 Å². The number of rotatable bonds is 3. The Balaban J connectivity index is 2.38. The number of carbonyl (C=O) groups excluding carboxylic acids is 1. The van der Waals surface area contributed by atoms with Crippen LogP contribution in [-0.2, 0) is 0 Å². The van der Waals surface area contributed by atoms with Crippen LogP contribution in [0.3, 0.4) is 0 Å². The van der Waals surface area contributed by atoms with Gasteiger partial charge < -0.3 is 10.1 Å². The molecule has 2 aromatic rings. The summed E-state index contributed by atoms with van der Waals surface area (Å²) >= 11 is 0. The Bertz CT molecular complexity index is 736. The van der Waals surface area contributed by atoms with Crippen molar-refractivity contribution in [2.75, 3.05) is 12.4 Å². The number of halogens is 1. The van der Waals surface area contributed by atoms with Crippen molar-refractivity contribution in [3.63, 3.8) is 0 Å². The average molecular weight is 284 g/mol. The number of nitrogens with zero attached hydrogens (tertiary/aromatic N) is 1. The predicted molar refractivity (Wildman–Crippen MR) is 76.8 cm³/mol. The van der Waals surface area contributed by atoms with Crippen LogP contribution in [0.2, 0.25) is 0 Å². The van der Waals surface area contributed by atoms with E-state index in [0.29, 0.717) is 11.3 Å². The summed E-state index contributed by atoms with van der Waals surface area (Å²) in [7, 11) is 1.46. The second-order valence-corrected chi connectivity index (χ2v) is 4.43. The lowest BCUT2D eigenvalue weighted by molar-refractivity contribution is 0.102. The van der Waals surface area contributed by atoms with Gasteiger partial charge in [0, 0.05) is 0 Å². The Morgan fingerprint density at radius 3 is 2.76 bits per heavy atom. The van der Waals surface area contributed by atoms with Crippen molar-refractivity contribution in [2.24, 2.45) is 0 Å². The maximum absolute atomic E-state index is 13.5. The molecule has 0 saturated heterocycles. The van der Waals surface area contributed by atoms with Crippen LogP contribution < -0.4 is 10.1 Å². The average Bonchev–Trinajstić information content (AvgIpc) is 2.47. The van der Waals surface area contributed by atoms with Gasteiger partial charge in [-0.15, -0.1) is 0 Å². The van der Waals surface area contributed by atoms with E-state index in [9.17, 15) is 9.18 Å². The summed E-state index contributed by atoms with van der Waals surface area (Å²) in [5.41, 5.74) is 1.15. The van der Waals surface area contributed by atoms with Crippen molar-refractivity contribution >= 4 is 11.6 Å². The molecule has 2 rings (SSSR count). The topological polar surface area (TPSA) is 62.1 Å². The van der Waals surface area contributed by atoms with Crippen LogP contribution >= 0.6 is 0 Å². The molecular formula is C16H13FN2O2. The molecule has 0 aliphatic rings. The number of benzene rings is 2. The van der Waals surface area contributed by atoms with Crippen molar-refractivity contribution in [1.29, 1.82) is 5.26 Å². The third kappa shape index (κ3) is 3.00. The van der Waals surface area contributed by atoms with Crippen molar-refractivity contribution < 1.29 is 13.9 Å². The van der Waals surface area contributed by atoms with Crippen LogP contribution in [0.4, 0.5) is 10.1 Å². The summed E-state index contributed by atoms with van der Waals surface area (Å²) in [4.78, 5) is 12.3. The van der Waals surface area contributed by atoms with Gasteiger partial charge in [-0.1, -0.05) is 17.7 Å². The summed E-state index contributed by atoms with van der Waals surface area (Å²) in [5, 5.41) is 11.5. The lowest BCUT2D eigenvalue weighted by atomic mass is 10.1. The number of amides is 1. The number of anilines is 1. The zero-order chi connectivity index (χ0) is 15.4. The zero-order valence-electron chi connectivity index (χ0n) is 11.6. The number of ether oxygens (including phenoxy) is 1. The molecule has 0 aromatic heterocycles. The van der Waals surface area contributed by atoms with Crippen LogP contribution in [0.5, 0.6) is 5.75 Å². The molecule has 0 heterocycles. The minimum Gasteiger partial charge on any atom is -0.496 e. The van der Waals surface area contributed by atoms with Gasteiger partial charge in [0.25, 0.3) is 5.91 Å². The summed E-state index contributed by atoms with van der Waals surface area (Å²) in [6, 6.07) is 11.0. The van der Waals surface area contributed by atoms with Crippen LogP contribution in [0.1, 0.15) is 21.5 Å². The third-order valence-corrected chi connectivity index (χ3v) is 2.97. The Kier molecular flexibility index (Phi) is 4.19. The molecule has 106 valence electrons. The molecule has 5 heteroatoms. The minimum atomic E-state index is -0.675. The largest absolute Gasteiger partial charge is 0.496 e. The molecule has 0 saturated carbocycles. The summed E-state index contributed by atoms with van der Waals surface area (Å²) in [5.74, 6) is -0.725. The normalized spacial score (nSPS) is 9.81. The van der Waals surface area contributed by atoms with Crippen molar-refractivity contribution in [3.05, 3.63) is 58.9 Å². The lowest BCUT2D eigenvalue weighted by Crippen LogP contribution is -2.14. The first-order valence-corrected chi connectivity index (χ1v) is 6.21. The molecule has 4 nitrogen and oxygen atoms in total. The Hall–Kier alpha value is -2.87. The number of hydrogen-bond acceptors (Lipinski definition) is 3. The van der Waals surface area contributed by atoms with E-state index in [1.165, 1.54) is 25.3 Å². The van der Waals surface area contributed by atoms with Crippen molar-refractivity contribution in [1.82, 2.24) is 0 Å². The molecule has 1 N–H and O–H groups in total. The highest BCUT2D eigenvalue weighted by molar-refractivity contribution is 6.06. The van der Waals surface area contributed by atoms with E-state index in [1.807, 2.05) is 13.0 Å². The molecule has 0 atom stereocenters. The monoisotopic (exact) mass is 284 g/mol. The maximum atomic E-state index is 13.5. The molecule has 0 aliphatic heterocycles. The maximum Gasteiger partial charge on any atom is 0.259 e. The van der Waals surface area contributed by atoms with Crippen LogP contribution in [0, 0.1) is 24.1 Å². The lowest BCUT2D eigenvalue weighted by Gasteiger charge is -2.11. The molecule has 0 bridgehead atoms. The molecule has 0 aliphatic carbocycles. The van der Waals surface area contributed by atoms with E-state index < -0.39 is 11.7 Å². The van der Waals surface area contributed by atoms with Gasteiger partial charge in [0.2, 0.25) is 0 Å². The first kappa shape index (κ1) is 14.5. The van der Waals surface area contributed by atoms with Crippen LogP contribution in [0.25, 0.3) is 0 Å². The number of methoxy groups -OCH3 is 1.